The molecular weight excluding hydrogens is 326 g/mol. The van der Waals surface area contributed by atoms with Crippen LogP contribution in [-0.4, -0.2) is 50.3 Å². The van der Waals surface area contributed by atoms with Gasteiger partial charge in [0, 0.05) is 19.6 Å². The normalized spacial score (nSPS) is 23.0. The van der Waals surface area contributed by atoms with Gasteiger partial charge >= 0.3 is 0 Å². The van der Waals surface area contributed by atoms with Crippen LogP contribution in [0.1, 0.15) is 56.7 Å². The summed E-state index contributed by atoms with van der Waals surface area (Å²) < 4.78 is 35.4. The molecule has 0 bridgehead atoms. The van der Waals surface area contributed by atoms with Gasteiger partial charge in [-0.05, 0) is 50.9 Å². The van der Waals surface area contributed by atoms with Crippen LogP contribution in [0.4, 0.5) is 0 Å². The van der Waals surface area contributed by atoms with E-state index in [0.29, 0.717) is 19.6 Å². The molecule has 0 aromatic carbocycles. The zero-order valence-electron chi connectivity index (χ0n) is 14.3. The average Bonchev–Trinajstić information content (AvgIpc) is 2.96. The van der Waals surface area contributed by atoms with E-state index in [1.165, 1.54) is 6.42 Å². The fourth-order valence-electron chi connectivity index (χ4n) is 3.68. The highest BCUT2D eigenvalue weighted by Crippen LogP contribution is 2.25. The van der Waals surface area contributed by atoms with Crippen molar-refractivity contribution in [3.8, 4) is 0 Å². The standard InChI is InChI=1S/C17H29N3O3S/c21-24(22,20-12-6-1-2-7-13-20)18-15-16(17-9-8-14-23-17)19-10-4-3-5-11-19/h8-9,14,16,18H,1-7,10-13,15H2. The van der Waals surface area contributed by atoms with Crippen LogP contribution in [0.3, 0.4) is 0 Å². The largest absolute Gasteiger partial charge is 0.468 e. The van der Waals surface area contributed by atoms with E-state index in [4.69, 9.17) is 4.42 Å². The zero-order valence-corrected chi connectivity index (χ0v) is 15.1. The minimum absolute atomic E-state index is 0.0259. The Balaban J connectivity index is 1.66. The molecule has 0 aliphatic carbocycles. The highest BCUT2D eigenvalue weighted by molar-refractivity contribution is 7.87. The second kappa shape index (κ2) is 8.47. The number of furan rings is 1. The number of nitrogens with one attached hydrogen (secondary N) is 1. The molecule has 2 aliphatic heterocycles. The topological polar surface area (TPSA) is 65.8 Å². The smallest absolute Gasteiger partial charge is 0.279 e. The monoisotopic (exact) mass is 355 g/mol. The molecule has 1 aromatic heterocycles. The van der Waals surface area contributed by atoms with Gasteiger partial charge in [-0.15, -0.1) is 0 Å². The number of likely N-dealkylation sites (tertiary alicyclic amines) is 1. The number of rotatable bonds is 6. The van der Waals surface area contributed by atoms with E-state index in [9.17, 15) is 8.42 Å². The molecule has 0 radical (unpaired) electrons. The molecule has 1 atom stereocenters. The van der Waals surface area contributed by atoms with E-state index < -0.39 is 10.2 Å². The van der Waals surface area contributed by atoms with Gasteiger partial charge in [-0.1, -0.05) is 19.3 Å². The predicted molar refractivity (Wildman–Crippen MR) is 93.8 cm³/mol. The zero-order chi connectivity index (χ0) is 16.8. The molecule has 24 heavy (non-hydrogen) atoms. The van der Waals surface area contributed by atoms with E-state index in [1.54, 1.807) is 10.6 Å². The summed E-state index contributed by atoms with van der Waals surface area (Å²) in [6.45, 7) is 3.62. The second-order valence-corrected chi connectivity index (χ2v) is 8.55. The van der Waals surface area contributed by atoms with Crippen LogP contribution in [0, 0.1) is 0 Å². The number of piperidine rings is 1. The molecule has 0 amide bonds. The predicted octanol–water partition coefficient (Wildman–Crippen LogP) is 2.52. The highest BCUT2D eigenvalue weighted by atomic mass is 32.2. The lowest BCUT2D eigenvalue weighted by molar-refractivity contribution is 0.146. The maximum absolute atomic E-state index is 12.7. The Morgan fingerprint density at radius 3 is 2.25 bits per heavy atom. The lowest BCUT2D eigenvalue weighted by Gasteiger charge is -2.34. The van der Waals surface area contributed by atoms with Gasteiger partial charge in [0.2, 0.25) is 0 Å². The molecule has 1 aromatic rings. The summed E-state index contributed by atoms with van der Waals surface area (Å²) in [5.74, 6) is 0.843. The van der Waals surface area contributed by atoms with Crippen molar-refractivity contribution in [3.05, 3.63) is 24.2 Å². The Hall–Kier alpha value is -0.890. The van der Waals surface area contributed by atoms with E-state index in [0.717, 1.165) is 57.4 Å². The summed E-state index contributed by atoms with van der Waals surface area (Å²) in [5, 5.41) is 0. The molecule has 3 heterocycles. The summed E-state index contributed by atoms with van der Waals surface area (Å²) in [5.41, 5.74) is 0. The fourth-order valence-corrected chi connectivity index (χ4v) is 4.97. The van der Waals surface area contributed by atoms with Crippen molar-refractivity contribution in [2.45, 2.75) is 51.0 Å². The molecule has 1 unspecified atom stereocenters. The van der Waals surface area contributed by atoms with Crippen LogP contribution in [0.2, 0.25) is 0 Å². The van der Waals surface area contributed by atoms with E-state index in [-0.39, 0.29) is 6.04 Å². The number of hydrogen-bond donors (Lipinski definition) is 1. The van der Waals surface area contributed by atoms with Crippen LogP contribution in [0.25, 0.3) is 0 Å². The minimum Gasteiger partial charge on any atom is -0.468 e. The number of nitrogens with zero attached hydrogens (tertiary/aromatic N) is 2. The van der Waals surface area contributed by atoms with Crippen LogP contribution in [0.15, 0.2) is 22.8 Å². The maximum Gasteiger partial charge on any atom is 0.279 e. The SMILES string of the molecule is O=S(=O)(NCC(c1ccco1)N1CCCCC1)N1CCCCCC1. The van der Waals surface area contributed by atoms with Gasteiger partial charge in [0.15, 0.2) is 0 Å². The van der Waals surface area contributed by atoms with Gasteiger partial charge in [0.25, 0.3) is 10.2 Å². The molecule has 0 spiro atoms. The molecule has 3 rings (SSSR count). The summed E-state index contributed by atoms with van der Waals surface area (Å²) in [6, 6.07) is 3.79. The van der Waals surface area contributed by atoms with Gasteiger partial charge in [-0.3, -0.25) is 4.90 Å². The quantitative estimate of drug-likeness (QED) is 0.851. The highest BCUT2D eigenvalue weighted by Gasteiger charge is 2.28. The van der Waals surface area contributed by atoms with Gasteiger partial charge in [0.05, 0.1) is 12.3 Å². The molecule has 2 aliphatic rings. The Kier molecular flexibility index (Phi) is 6.32. The summed E-state index contributed by atoms with van der Waals surface area (Å²) >= 11 is 0. The third kappa shape index (κ3) is 4.59. The second-order valence-electron chi connectivity index (χ2n) is 6.79. The summed E-state index contributed by atoms with van der Waals surface area (Å²) in [6.07, 6.45) is 9.38. The Labute approximate surface area is 145 Å². The molecular formula is C17H29N3O3S. The third-order valence-electron chi connectivity index (χ3n) is 5.07. The van der Waals surface area contributed by atoms with Gasteiger partial charge in [-0.2, -0.15) is 12.7 Å². The van der Waals surface area contributed by atoms with Crippen molar-refractivity contribution < 1.29 is 12.8 Å². The lowest BCUT2D eigenvalue weighted by atomic mass is 10.1. The summed E-state index contributed by atoms with van der Waals surface area (Å²) in [7, 11) is -3.42. The molecule has 7 heteroatoms. The first kappa shape index (κ1) is 17.9. The van der Waals surface area contributed by atoms with Crippen molar-refractivity contribution in [1.82, 2.24) is 13.9 Å². The number of hydrogen-bond acceptors (Lipinski definition) is 4. The first-order valence-corrected chi connectivity index (χ1v) is 10.6. The minimum atomic E-state index is -3.42. The Morgan fingerprint density at radius 2 is 1.62 bits per heavy atom. The van der Waals surface area contributed by atoms with Crippen LogP contribution in [0.5, 0.6) is 0 Å². The van der Waals surface area contributed by atoms with Crippen molar-refractivity contribution in [2.24, 2.45) is 0 Å². The Morgan fingerprint density at radius 1 is 1.00 bits per heavy atom. The van der Waals surface area contributed by atoms with Gasteiger partial charge < -0.3 is 4.42 Å². The summed E-state index contributed by atoms with van der Waals surface area (Å²) in [4.78, 5) is 2.34. The van der Waals surface area contributed by atoms with Crippen molar-refractivity contribution in [3.63, 3.8) is 0 Å². The van der Waals surface area contributed by atoms with Crippen molar-refractivity contribution >= 4 is 10.2 Å². The molecule has 2 saturated heterocycles. The van der Waals surface area contributed by atoms with Crippen molar-refractivity contribution in [1.29, 1.82) is 0 Å². The van der Waals surface area contributed by atoms with Crippen LogP contribution < -0.4 is 4.72 Å². The maximum atomic E-state index is 12.7. The van der Waals surface area contributed by atoms with E-state index >= 15 is 0 Å². The van der Waals surface area contributed by atoms with E-state index in [1.807, 2.05) is 12.1 Å². The van der Waals surface area contributed by atoms with Gasteiger partial charge in [0.1, 0.15) is 5.76 Å². The van der Waals surface area contributed by atoms with Crippen LogP contribution >= 0.6 is 0 Å². The first-order chi connectivity index (χ1) is 11.7. The first-order valence-electron chi connectivity index (χ1n) is 9.19. The molecule has 2 fully saturated rings. The van der Waals surface area contributed by atoms with Crippen molar-refractivity contribution in [2.75, 3.05) is 32.7 Å². The lowest BCUT2D eigenvalue weighted by Crippen LogP contribution is -2.46. The average molecular weight is 356 g/mol. The molecule has 6 nitrogen and oxygen atoms in total. The third-order valence-corrected chi connectivity index (χ3v) is 6.64. The molecule has 136 valence electrons. The van der Waals surface area contributed by atoms with E-state index in [2.05, 4.69) is 9.62 Å². The Bertz CT molecular complexity index is 574. The molecule has 1 N–H and O–H groups in total. The molecule has 0 saturated carbocycles. The van der Waals surface area contributed by atoms with Crippen LogP contribution in [-0.2, 0) is 10.2 Å². The van der Waals surface area contributed by atoms with Gasteiger partial charge in [-0.25, -0.2) is 4.72 Å². The fraction of sp³-hybridized carbons (Fsp3) is 0.765.